The summed E-state index contributed by atoms with van der Waals surface area (Å²) >= 11 is 0. The summed E-state index contributed by atoms with van der Waals surface area (Å²) in [5.74, 6) is -1.11. The molecule has 3 nitrogen and oxygen atoms in total. The number of hydrogen-bond donors (Lipinski definition) is 2. The van der Waals surface area contributed by atoms with E-state index in [1.54, 1.807) is 6.92 Å². The van der Waals surface area contributed by atoms with Crippen molar-refractivity contribution in [2.45, 2.75) is 26.8 Å². The summed E-state index contributed by atoms with van der Waals surface area (Å²) in [4.78, 5) is 10.7. The first-order valence-corrected chi connectivity index (χ1v) is 5.54. The summed E-state index contributed by atoms with van der Waals surface area (Å²) in [6.07, 6.45) is 0. The van der Waals surface area contributed by atoms with E-state index in [-0.39, 0.29) is 12.0 Å². The van der Waals surface area contributed by atoms with Gasteiger partial charge in [0.15, 0.2) is 0 Å². The number of carboxylic acids is 1. The predicted molar refractivity (Wildman–Crippen MR) is 64.4 cm³/mol. The molecule has 0 radical (unpaired) electrons. The Kier molecular flexibility index (Phi) is 4.50. The highest BCUT2D eigenvalue weighted by Crippen LogP contribution is 2.16. The van der Waals surface area contributed by atoms with Gasteiger partial charge in [0.2, 0.25) is 0 Å². The van der Waals surface area contributed by atoms with Crippen molar-refractivity contribution >= 4 is 5.97 Å². The largest absolute Gasteiger partial charge is 0.481 e. The second-order valence-corrected chi connectivity index (χ2v) is 4.23. The van der Waals surface area contributed by atoms with Crippen LogP contribution in [0.2, 0.25) is 0 Å². The Morgan fingerprint density at radius 1 is 1.38 bits per heavy atom. The fraction of sp³-hybridized carbons (Fsp3) is 0.462. The summed E-state index contributed by atoms with van der Waals surface area (Å²) in [7, 11) is 0. The van der Waals surface area contributed by atoms with Crippen molar-refractivity contribution in [3.05, 3.63) is 35.4 Å². The molecule has 0 heterocycles. The zero-order valence-electron chi connectivity index (χ0n) is 10.0. The van der Waals surface area contributed by atoms with Crippen LogP contribution in [0.1, 0.15) is 31.0 Å². The lowest BCUT2D eigenvalue weighted by Gasteiger charge is -2.17. The third-order valence-corrected chi connectivity index (χ3v) is 2.81. The molecule has 0 aliphatic carbocycles. The van der Waals surface area contributed by atoms with Gasteiger partial charge < -0.3 is 10.4 Å². The van der Waals surface area contributed by atoms with E-state index in [1.165, 1.54) is 11.1 Å². The summed E-state index contributed by atoms with van der Waals surface area (Å²) in [6, 6.07) is 8.32. The van der Waals surface area contributed by atoms with Crippen LogP contribution in [0.25, 0.3) is 0 Å². The van der Waals surface area contributed by atoms with Gasteiger partial charge in [-0.25, -0.2) is 0 Å². The number of hydrogen-bond acceptors (Lipinski definition) is 2. The first-order chi connectivity index (χ1) is 7.52. The van der Waals surface area contributed by atoms with E-state index >= 15 is 0 Å². The Balaban J connectivity index is 2.56. The van der Waals surface area contributed by atoms with Gasteiger partial charge in [0.05, 0.1) is 5.92 Å². The van der Waals surface area contributed by atoms with Crippen LogP contribution in [0, 0.1) is 12.8 Å². The smallest absolute Gasteiger partial charge is 0.307 e. The molecule has 0 spiro atoms. The molecule has 2 N–H and O–H groups in total. The molecule has 1 aromatic rings. The minimum absolute atomic E-state index is 0.183. The molecule has 0 fully saturated rings. The Bertz CT molecular complexity index is 363. The third-order valence-electron chi connectivity index (χ3n) is 2.81. The van der Waals surface area contributed by atoms with Gasteiger partial charge >= 0.3 is 5.97 Å². The molecule has 88 valence electrons. The van der Waals surface area contributed by atoms with Gasteiger partial charge in [-0.15, -0.1) is 0 Å². The molecule has 1 rings (SSSR count). The van der Waals surface area contributed by atoms with Crippen molar-refractivity contribution in [1.82, 2.24) is 5.32 Å². The molecular weight excluding hydrogens is 202 g/mol. The average Bonchev–Trinajstić information content (AvgIpc) is 2.25. The highest BCUT2D eigenvalue weighted by Gasteiger charge is 2.13. The average molecular weight is 221 g/mol. The van der Waals surface area contributed by atoms with Gasteiger partial charge in [-0.05, 0) is 25.0 Å². The van der Waals surface area contributed by atoms with Crippen molar-refractivity contribution in [3.63, 3.8) is 0 Å². The van der Waals surface area contributed by atoms with E-state index in [2.05, 4.69) is 31.3 Å². The lowest BCUT2D eigenvalue weighted by molar-refractivity contribution is -0.140. The fourth-order valence-electron chi connectivity index (χ4n) is 1.62. The molecule has 0 amide bonds. The third kappa shape index (κ3) is 3.35. The van der Waals surface area contributed by atoms with E-state index in [4.69, 9.17) is 5.11 Å². The maximum absolute atomic E-state index is 10.7. The molecule has 0 saturated carbocycles. The molecule has 3 heteroatoms. The van der Waals surface area contributed by atoms with Gasteiger partial charge in [0.25, 0.3) is 0 Å². The maximum Gasteiger partial charge on any atom is 0.307 e. The maximum atomic E-state index is 10.7. The van der Waals surface area contributed by atoms with Gasteiger partial charge in [-0.1, -0.05) is 31.2 Å². The van der Waals surface area contributed by atoms with Crippen LogP contribution in [-0.2, 0) is 4.79 Å². The molecule has 2 unspecified atom stereocenters. The number of benzene rings is 1. The lowest BCUT2D eigenvalue weighted by Crippen LogP contribution is -2.28. The quantitative estimate of drug-likeness (QED) is 0.802. The fourth-order valence-corrected chi connectivity index (χ4v) is 1.62. The SMILES string of the molecule is Cc1ccccc1C(C)NCC(C)C(=O)O. The topological polar surface area (TPSA) is 49.3 Å². The van der Waals surface area contributed by atoms with Crippen LogP contribution < -0.4 is 5.32 Å². The van der Waals surface area contributed by atoms with Gasteiger partial charge in [0.1, 0.15) is 0 Å². The highest BCUT2D eigenvalue weighted by molar-refractivity contribution is 5.69. The Morgan fingerprint density at radius 3 is 2.56 bits per heavy atom. The second kappa shape index (κ2) is 5.66. The molecule has 0 aromatic heterocycles. The Labute approximate surface area is 96.5 Å². The zero-order chi connectivity index (χ0) is 12.1. The van der Waals surface area contributed by atoms with Crippen molar-refractivity contribution in [2.75, 3.05) is 6.54 Å². The van der Waals surface area contributed by atoms with Gasteiger partial charge in [-0.2, -0.15) is 0 Å². The second-order valence-electron chi connectivity index (χ2n) is 4.23. The van der Waals surface area contributed by atoms with Crippen molar-refractivity contribution in [3.8, 4) is 0 Å². The van der Waals surface area contributed by atoms with E-state index in [0.717, 1.165) is 0 Å². The molecule has 0 saturated heterocycles. The van der Waals surface area contributed by atoms with Crippen LogP contribution in [0.4, 0.5) is 0 Å². The monoisotopic (exact) mass is 221 g/mol. The van der Waals surface area contributed by atoms with Crippen LogP contribution in [0.3, 0.4) is 0 Å². The van der Waals surface area contributed by atoms with Crippen molar-refractivity contribution < 1.29 is 9.90 Å². The molecule has 0 bridgehead atoms. The lowest BCUT2D eigenvalue weighted by atomic mass is 10.0. The van der Waals surface area contributed by atoms with Gasteiger partial charge in [-0.3, -0.25) is 4.79 Å². The number of nitrogens with one attached hydrogen (secondary N) is 1. The number of carbonyl (C=O) groups is 1. The van der Waals surface area contributed by atoms with E-state index in [9.17, 15) is 4.79 Å². The number of rotatable bonds is 5. The minimum Gasteiger partial charge on any atom is -0.481 e. The normalized spacial score (nSPS) is 14.4. The van der Waals surface area contributed by atoms with E-state index in [0.29, 0.717) is 6.54 Å². The minimum atomic E-state index is -0.760. The van der Waals surface area contributed by atoms with Crippen molar-refractivity contribution in [1.29, 1.82) is 0 Å². The summed E-state index contributed by atoms with van der Waals surface area (Å²) in [5.41, 5.74) is 2.45. The number of aliphatic carboxylic acids is 1. The highest BCUT2D eigenvalue weighted by atomic mass is 16.4. The van der Waals surface area contributed by atoms with Crippen LogP contribution in [0.5, 0.6) is 0 Å². The van der Waals surface area contributed by atoms with E-state index in [1.807, 2.05) is 12.1 Å². The number of aryl methyl sites for hydroxylation is 1. The van der Waals surface area contributed by atoms with Crippen molar-refractivity contribution in [2.24, 2.45) is 5.92 Å². The molecule has 0 aliphatic heterocycles. The van der Waals surface area contributed by atoms with Crippen LogP contribution in [0.15, 0.2) is 24.3 Å². The van der Waals surface area contributed by atoms with Gasteiger partial charge in [0, 0.05) is 12.6 Å². The van der Waals surface area contributed by atoms with Crippen LogP contribution in [-0.4, -0.2) is 17.6 Å². The zero-order valence-corrected chi connectivity index (χ0v) is 10.0. The number of carboxylic acid groups (broad SMARTS) is 1. The summed E-state index contributed by atoms with van der Waals surface area (Å²) in [5, 5.41) is 12.0. The standard InChI is InChI=1S/C13H19NO2/c1-9-6-4-5-7-12(9)11(3)14-8-10(2)13(15)16/h4-7,10-11,14H,8H2,1-3H3,(H,15,16). The molecule has 0 aliphatic rings. The first-order valence-electron chi connectivity index (χ1n) is 5.54. The van der Waals surface area contributed by atoms with Crippen LogP contribution >= 0.6 is 0 Å². The first kappa shape index (κ1) is 12.7. The Hall–Kier alpha value is -1.35. The van der Waals surface area contributed by atoms with E-state index < -0.39 is 5.97 Å². The summed E-state index contributed by atoms with van der Waals surface area (Å²) < 4.78 is 0. The molecule has 16 heavy (non-hydrogen) atoms. The molecule has 2 atom stereocenters. The predicted octanol–water partition coefficient (Wildman–Crippen LogP) is 2.37. The summed E-state index contributed by atoms with van der Waals surface area (Å²) in [6.45, 7) is 6.32. The molecule has 1 aromatic carbocycles. The molecular formula is C13H19NO2. The Morgan fingerprint density at radius 2 is 2.00 bits per heavy atom.